The summed E-state index contributed by atoms with van der Waals surface area (Å²) in [4.78, 5) is 24.2. The number of carbonyl (C=O) groups excluding carboxylic acids is 1. The zero-order valence-electron chi connectivity index (χ0n) is 10.7. The van der Waals surface area contributed by atoms with Crippen LogP contribution in [0.25, 0.3) is 0 Å². The number of urea groups is 1. The topological polar surface area (TPSA) is 81.7 Å². The smallest absolute Gasteiger partial charge is 0.335 e. The maximum Gasteiger partial charge on any atom is 0.335 e. The van der Waals surface area contributed by atoms with Crippen molar-refractivity contribution in [2.75, 3.05) is 32.5 Å². The van der Waals surface area contributed by atoms with Gasteiger partial charge in [0.2, 0.25) is 0 Å². The Hall–Kier alpha value is -1.79. The third kappa shape index (κ3) is 4.76. The second-order valence-corrected chi connectivity index (χ2v) is 4.43. The molecule has 0 bridgehead atoms. The molecule has 0 aromatic heterocycles. The van der Waals surface area contributed by atoms with Crippen molar-refractivity contribution < 1.29 is 14.7 Å². The molecule has 0 atom stereocenters. The van der Waals surface area contributed by atoms with Crippen LogP contribution in [0.15, 0.2) is 18.2 Å². The van der Waals surface area contributed by atoms with Gasteiger partial charge in [-0.3, -0.25) is 0 Å². The Labute approximate surface area is 116 Å². The standard InChI is InChI=1S/C12H16ClN3O3/c1-14-3-4-16(2)12(19)15-10-6-8(11(17)18)5-9(13)7-10/h5-7,14H,3-4H2,1-2H3,(H,15,19)(H,17,18). The number of likely N-dealkylation sites (N-methyl/N-ethyl adjacent to an activating group) is 2. The van der Waals surface area contributed by atoms with Gasteiger partial charge in [-0.25, -0.2) is 9.59 Å². The normalized spacial score (nSPS) is 10.1. The monoisotopic (exact) mass is 285 g/mol. The lowest BCUT2D eigenvalue weighted by Gasteiger charge is -2.18. The van der Waals surface area contributed by atoms with Crippen molar-refractivity contribution in [3.63, 3.8) is 0 Å². The number of nitrogens with zero attached hydrogens (tertiary/aromatic N) is 1. The number of carbonyl (C=O) groups is 2. The highest BCUT2D eigenvalue weighted by atomic mass is 35.5. The minimum Gasteiger partial charge on any atom is -0.478 e. The number of nitrogens with one attached hydrogen (secondary N) is 2. The number of amides is 2. The van der Waals surface area contributed by atoms with Crippen LogP contribution in [0.3, 0.4) is 0 Å². The van der Waals surface area contributed by atoms with Crippen LogP contribution in [-0.2, 0) is 0 Å². The van der Waals surface area contributed by atoms with Gasteiger partial charge >= 0.3 is 12.0 Å². The molecule has 2 amide bonds. The summed E-state index contributed by atoms with van der Waals surface area (Å²) in [6, 6.07) is 3.86. The van der Waals surface area contributed by atoms with Crippen molar-refractivity contribution in [1.82, 2.24) is 10.2 Å². The highest BCUT2D eigenvalue weighted by molar-refractivity contribution is 6.31. The zero-order chi connectivity index (χ0) is 14.4. The number of rotatable bonds is 5. The third-order valence-corrected chi connectivity index (χ3v) is 2.66. The Balaban J connectivity index is 2.76. The van der Waals surface area contributed by atoms with Crippen molar-refractivity contribution in [2.24, 2.45) is 0 Å². The van der Waals surface area contributed by atoms with Crippen LogP contribution in [0.1, 0.15) is 10.4 Å². The molecule has 1 rings (SSSR count). The maximum atomic E-state index is 11.8. The van der Waals surface area contributed by atoms with Crippen LogP contribution >= 0.6 is 11.6 Å². The van der Waals surface area contributed by atoms with Gasteiger partial charge in [0.1, 0.15) is 0 Å². The van der Waals surface area contributed by atoms with Gasteiger partial charge in [0.25, 0.3) is 0 Å². The molecule has 0 aliphatic carbocycles. The largest absolute Gasteiger partial charge is 0.478 e. The first-order valence-electron chi connectivity index (χ1n) is 5.64. The molecule has 0 saturated heterocycles. The minimum absolute atomic E-state index is 0.0284. The second kappa shape index (κ2) is 6.96. The minimum atomic E-state index is -1.10. The predicted molar refractivity (Wildman–Crippen MR) is 74.0 cm³/mol. The van der Waals surface area contributed by atoms with Crippen LogP contribution in [0, 0.1) is 0 Å². The zero-order valence-corrected chi connectivity index (χ0v) is 11.5. The number of halogens is 1. The fraction of sp³-hybridized carbons (Fsp3) is 0.333. The van der Waals surface area contributed by atoms with Gasteiger partial charge in [-0.1, -0.05) is 11.6 Å². The highest BCUT2D eigenvalue weighted by Crippen LogP contribution is 2.19. The molecule has 0 spiro atoms. The number of hydrogen-bond acceptors (Lipinski definition) is 3. The quantitative estimate of drug-likeness (QED) is 0.769. The molecular formula is C12H16ClN3O3. The van der Waals surface area contributed by atoms with Crippen LogP contribution in [0.4, 0.5) is 10.5 Å². The van der Waals surface area contributed by atoms with E-state index in [-0.39, 0.29) is 16.6 Å². The molecular weight excluding hydrogens is 270 g/mol. The first kappa shape index (κ1) is 15.3. The van der Waals surface area contributed by atoms with Crippen molar-refractivity contribution in [3.05, 3.63) is 28.8 Å². The van der Waals surface area contributed by atoms with Crippen LogP contribution in [-0.4, -0.2) is 49.2 Å². The van der Waals surface area contributed by atoms with E-state index in [0.717, 1.165) is 0 Å². The predicted octanol–water partition coefficient (Wildman–Crippen LogP) is 1.72. The van der Waals surface area contributed by atoms with E-state index in [1.165, 1.54) is 23.1 Å². The molecule has 6 nitrogen and oxygen atoms in total. The van der Waals surface area contributed by atoms with Crippen molar-refractivity contribution in [3.8, 4) is 0 Å². The lowest BCUT2D eigenvalue weighted by Crippen LogP contribution is -2.35. The van der Waals surface area contributed by atoms with Gasteiger partial charge < -0.3 is 20.6 Å². The molecule has 19 heavy (non-hydrogen) atoms. The third-order valence-electron chi connectivity index (χ3n) is 2.44. The van der Waals surface area contributed by atoms with E-state index in [4.69, 9.17) is 16.7 Å². The lowest BCUT2D eigenvalue weighted by molar-refractivity contribution is 0.0697. The van der Waals surface area contributed by atoms with E-state index in [1.807, 2.05) is 0 Å². The van der Waals surface area contributed by atoms with E-state index in [0.29, 0.717) is 18.8 Å². The average Bonchev–Trinajstić information content (AvgIpc) is 2.34. The fourth-order valence-electron chi connectivity index (χ4n) is 1.39. The van der Waals surface area contributed by atoms with Crippen LogP contribution in [0.5, 0.6) is 0 Å². The van der Waals surface area contributed by atoms with Crippen LogP contribution < -0.4 is 10.6 Å². The van der Waals surface area contributed by atoms with Gasteiger partial charge in [0, 0.05) is 30.8 Å². The number of hydrogen-bond donors (Lipinski definition) is 3. The van der Waals surface area contributed by atoms with Crippen molar-refractivity contribution in [2.45, 2.75) is 0 Å². The molecule has 0 heterocycles. The summed E-state index contributed by atoms with van der Waals surface area (Å²) in [5, 5.41) is 14.7. The van der Waals surface area contributed by atoms with E-state index < -0.39 is 5.97 Å². The Kier molecular flexibility index (Phi) is 5.59. The van der Waals surface area contributed by atoms with Crippen LogP contribution in [0.2, 0.25) is 5.02 Å². The van der Waals surface area contributed by atoms with E-state index in [9.17, 15) is 9.59 Å². The molecule has 0 unspecified atom stereocenters. The number of benzene rings is 1. The van der Waals surface area contributed by atoms with E-state index >= 15 is 0 Å². The second-order valence-electron chi connectivity index (χ2n) is 3.99. The average molecular weight is 286 g/mol. The summed E-state index contributed by atoms with van der Waals surface area (Å²) in [7, 11) is 3.44. The summed E-state index contributed by atoms with van der Waals surface area (Å²) in [6.07, 6.45) is 0. The van der Waals surface area contributed by atoms with Gasteiger partial charge in [0.05, 0.1) is 5.56 Å². The molecule has 1 aromatic rings. The Morgan fingerprint density at radius 3 is 2.63 bits per heavy atom. The summed E-state index contributed by atoms with van der Waals surface area (Å²) in [6.45, 7) is 1.20. The molecule has 7 heteroatoms. The summed E-state index contributed by atoms with van der Waals surface area (Å²) >= 11 is 5.80. The number of aromatic carboxylic acids is 1. The molecule has 1 aromatic carbocycles. The van der Waals surface area contributed by atoms with E-state index in [2.05, 4.69) is 10.6 Å². The number of carboxylic acid groups (broad SMARTS) is 1. The number of anilines is 1. The number of carboxylic acids is 1. The lowest BCUT2D eigenvalue weighted by atomic mass is 10.2. The first-order valence-corrected chi connectivity index (χ1v) is 6.02. The molecule has 104 valence electrons. The van der Waals surface area contributed by atoms with Crippen molar-refractivity contribution in [1.29, 1.82) is 0 Å². The molecule has 0 radical (unpaired) electrons. The molecule has 3 N–H and O–H groups in total. The Morgan fingerprint density at radius 2 is 2.05 bits per heavy atom. The maximum absolute atomic E-state index is 11.8. The van der Waals surface area contributed by atoms with Crippen molar-refractivity contribution >= 4 is 29.3 Å². The SMILES string of the molecule is CNCCN(C)C(=O)Nc1cc(Cl)cc(C(=O)O)c1. The molecule has 0 fully saturated rings. The highest BCUT2D eigenvalue weighted by Gasteiger charge is 2.11. The molecule has 0 aliphatic heterocycles. The van der Waals surface area contributed by atoms with Gasteiger partial charge in [-0.15, -0.1) is 0 Å². The Bertz CT molecular complexity index is 479. The molecule has 0 aliphatic rings. The van der Waals surface area contributed by atoms with Gasteiger partial charge in [-0.2, -0.15) is 0 Å². The summed E-state index contributed by atoms with van der Waals surface area (Å²) in [5.74, 6) is -1.10. The Morgan fingerprint density at radius 1 is 1.37 bits per heavy atom. The van der Waals surface area contributed by atoms with Gasteiger partial charge in [0.15, 0.2) is 0 Å². The summed E-state index contributed by atoms with van der Waals surface area (Å²) < 4.78 is 0. The molecule has 0 saturated carbocycles. The fourth-order valence-corrected chi connectivity index (χ4v) is 1.62. The van der Waals surface area contributed by atoms with Gasteiger partial charge in [-0.05, 0) is 25.2 Å². The first-order chi connectivity index (χ1) is 8.93. The van der Waals surface area contributed by atoms with E-state index in [1.54, 1.807) is 14.1 Å². The summed E-state index contributed by atoms with van der Waals surface area (Å²) in [5.41, 5.74) is 0.381.